The van der Waals surface area contributed by atoms with Crippen molar-refractivity contribution in [1.29, 1.82) is 0 Å². The number of halogens is 1. The summed E-state index contributed by atoms with van der Waals surface area (Å²) in [5, 5.41) is 5.37. The highest BCUT2D eigenvalue weighted by Gasteiger charge is 2.32. The number of hydrogen-bond acceptors (Lipinski definition) is 4. The van der Waals surface area contributed by atoms with Gasteiger partial charge in [-0.15, -0.1) is 0 Å². The first-order chi connectivity index (χ1) is 10.1. The maximum absolute atomic E-state index is 14.0. The van der Waals surface area contributed by atoms with Gasteiger partial charge in [-0.1, -0.05) is 0 Å². The van der Waals surface area contributed by atoms with Gasteiger partial charge in [0.15, 0.2) is 0 Å². The van der Waals surface area contributed by atoms with Crippen LogP contribution in [0.4, 0.5) is 4.39 Å². The number of rotatable bonds is 3. The third-order valence-electron chi connectivity index (χ3n) is 3.79. The Labute approximate surface area is 125 Å². The van der Waals surface area contributed by atoms with Crippen molar-refractivity contribution in [2.45, 2.75) is 4.90 Å². The topological polar surface area (TPSA) is 66.6 Å². The summed E-state index contributed by atoms with van der Waals surface area (Å²) < 4.78 is 14.0. The van der Waals surface area contributed by atoms with Gasteiger partial charge < -0.3 is 9.80 Å². The highest BCUT2D eigenvalue weighted by molar-refractivity contribution is 7.97. The van der Waals surface area contributed by atoms with Crippen molar-refractivity contribution in [1.82, 2.24) is 9.80 Å². The average Bonchev–Trinajstić information content (AvgIpc) is 3.04. The van der Waals surface area contributed by atoms with E-state index in [4.69, 9.17) is 5.14 Å². The zero-order chi connectivity index (χ0) is 15.0. The first kappa shape index (κ1) is 14.1. The molecule has 1 aromatic rings. The summed E-state index contributed by atoms with van der Waals surface area (Å²) in [6.07, 6.45) is 0.813. The quantitative estimate of drug-likeness (QED) is 0.514. The summed E-state index contributed by atoms with van der Waals surface area (Å²) in [4.78, 5) is 27.0. The molecule has 3 rings (SSSR count). The monoisotopic (exact) mass is 307 g/mol. The lowest BCUT2D eigenvalue weighted by molar-refractivity contribution is -0.117. The molecule has 0 spiro atoms. The van der Waals surface area contributed by atoms with E-state index in [0.717, 1.165) is 29.5 Å². The van der Waals surface area contributed by atoms with Crippen molar-refractivity contribution in [2.75, 3.05) is 26.2 Å². The molecule has 0 unspecified atom stereocenters. The Balaban J connectivity index is 1.73. The SMILES string of the molecule is NSc1ccc(C(=O)N2CC3=C(CN(C=O)C3)C2)c(F)c1. The molecule has 0 saturated heterocycles. The smallest absolute Gasteiger partial charge is 0.257 e. The highest BCUT2D eigenvalue weighted by atomic mass is 32.2. The minimum absolute atomic E-state index is 0.0567. The number of amides is 2. The van der Waals surface area contributed by atoms with Crippen LogP contribution in [0.2, 0.25) is 0 Å². The zero-order valence-electron chi connectivity index (χ0n) is 11.2. The molecule has 7 heteroatoms. The van der Waals surface area contributed by atoms with Crippen LogP contribution in [0.3, 0.4) is 0 Å². The van der Waals surface area contributed by atoms with Gasteiger partial charge in [-0.25, -0.2) is 4.39 Å². The Bertz CT molecular complexity index is 629. The van der Waals surface area contributed by atoms with Gasteiger partial charge in [-0.2, -0.15) is 0 Å². The molecule has 0 saturated carbocycles. The van der Waals surface area contributed by atoms with Crippen LogP contribution in [0, 0.1) is 5.82 Å². The van der Waals surface area contributed by atoms with Crippen LogP contribution in [-0.4, -0.2) is 48.3 Å². The molecular weight excluding hydrogens is 293 g/mol. The molecular formula is C14H14FN3O2S. The average molecular weight is 307 g/mol. The molecule has 0 fully saturated rings. The lowest BCUT2D eigenvalue weighted by Crippen LogP contribution is -2.34. The minimum Gasteiger partial charge on any atom is -0.337 e. The molecule has 2 amide bonds. The molecule has 21 heavy (non-hydrogen) atoms. The van der Waals surface area contributed by atoms with E-state index >= 15 is 0 Å². The number of benzene rings is 1. The van der Waals surface area contributed by atoms with Gasteiger partial charge in [0.25, 0.3) is 5.91 Å². The summed E-state index contributed by atoms with van der Waals surface area (Å²) in [7, 11) is 0. The van der Waals surface area contributed by atoms with E-state index in [9.17, 15) is 14.0 Å². The van der Waals surface area contributed by atoms with Crippen LogP contribution < -0.4 is 5.14 Å². The Morgan fingerprint density at radius 2 is 1.90 bits per heavy atom. The molecule has 0 aliphatic carbocycles. The van der Waals surface area contributed by atoms with E-state index in [1.807, 2.05) is 0 Å². The molecule has 0 atom stereocenters. The predicted octanol–water partition coefficient (Wildman–Crippen LogP) is 1.02. The van der Waals surface area contributed by atoms with Gasteiger partial charge in [-0.05, 0) is 41.3 Å². The Kier molecular flexibility index (Phi) is 3.69. The van der Waals surface area contributed by atoms with Crippen LogP contribution in [0.1, 0.15) is 10.4 Å². The number of nitrogens with zero attached hydrogens (tertiary/aromatic N) is 2. The first-order valence-corrected chi connectivity index (χ1v) is 7.35. The van der Waals surface area contributed by atoms with E-state index in [1.165, 1.54) is 12.1 Å². The Morgan fingerprint density at radius 1 is 1.24 bits per heavy atom. The summed E-state index contributed by atoms with van der Waals surface area (Å²) >= 11 is 0.940. The van der Waals surface area contributed by atoms with E-state index in [2.05, 4.69) is 0 Å². The number of carbonyl (C=O) groups is 2. The molecule has 2 aliphatic rings. The van der Waals surface area contributed by atoms with Gasteiger partial charge >= 0.3 is 0 Å². The second-order valence-corrected chi connectivity index (χ2v) is 5.85. The molecule has 1 aromatic carbocycles. The van der Waals surface area contributed by atoms with Crippen LogP contribution in [0.5, 0.6) is 0 Å². The van der Waals surface area contributed by atoms with Crippen molar-refractivity contribution in [3.63, 3.8) is 0 Å². The standard InChI is InChI=1S/C14H14FN3O2S/c15-13-3-11(21-16)1-2-12(13)14(20)18-6-9-4-17(8-19)5-10(9)7-18/h1-3,8H,4-7,16H2. The van der Waals surface area contributed by atoms with E-state index in [1.54, 1.807) is 15.9 Å². The second kappa shape index (κ2) is 5.50. The van der Waals surface area contributed by atoms with E-state index in [-0.39, 0.29) is 11.5 Å². The lowest BCUT2D eigenvalue weighted by atomic mass is 10.2. The summed E-state index contributed by atoms with van der Waals surface area (Å²) in [6.45, 7) is 2.05. The highest BCUT2D eigenvalue weighted by Crippen LogP contribution is 2.27. The van der Waals surface area contributed by atoms with Crippen LogP contribution in [0.15, 0.2) is 34.2 Å². The van der Waals surface area contributed by atoms with E-state index in [0.29, 0.717) is 31.1 Å². The largest absolute Gasteiger partial charge is 0.337 e. The van der Waals surface area contributed by atoms with Gasteiger partial charge in [0, 0.05) is 31.1 Å². The van der Waals surface area contributed by atoms with Crippen LogP contribution in [0.25, 0.3) is 0 Å². The predicted molar refractivity (Wildman–Crippen MR) is 77.0 cm³/mol. The summed E-state index contributed by atoms with van der Waals surface area (Å²) in [5.74, 6) is -0.884. The number of hydrogen-bond donors (Lipinski definition) is 1. The van der Waals surface area contributed by atoms with Gasteiger partial charge in [0.05, 0.1) is 5.56 Å². The number of nitrogens with two attached hydrogens (primary N) is 1. The maximum atomic E-state index is 14.0. The summed E-state index contributed by atoms with van der Waals surface area (Å²) in [5.41, 5.74) is 2.23. The fraction of sp³-hybridized carbons (Fsp3) is 0.286. The molecule has 2 aliphatic heterocycles. The van der Waals surface area contributed by atoms with Crippen molar-refractivity contribution < 1.29 is 14.0 Å². The Morgan fingerprint density at radius 3 is 2.43 bits per heavy atom. The molecule has 0 aromatic heterocycles. The maximum Gasteiger partial charge on any atom is 0.257 e. The summed E-state index contributed by atoms with van der Waals surface area (Å²) in [6, 6.07) is 4.36. The van der Waals surface area contributed by atoms with Gasteiger partial charge in [0.1, 0.15) is 5.82 Å². The first-order valence-electron chi connectivity index (χ1n) is 6.47. The molecule has 2 N–H and O–H groups in total. The van der Waals surface area contributed by atoms with Crippen molar-refractivity contribution in [3.8, 4) is 0 Å². The van der Waals surface area contributed by atoms with Crippen molar-refractivity contribution >= 4 is 24.3 Å². The van der Waals surface area contributed by atoms with E-state index < -0.39 is 5.82 Å². The molecule has 110 valence electrons. The minimum atomic E-state index is -0.558. The molecule has 0 radical (unpaired) electrons. The van der Waals surface area contributed by atoms with Gasteiger partial charge in [-0.3, -0.25) is 14.7 Å². The number of carbonyl (C=O) groups excluding carboxylic acids is 2. The fourth-order valence-electron chi connectivity index (χ4n) is 2.74. The molecule has 2 heterocycles. The van der Waals surface area contributed by atoms with Gasteiger partial charge in [0.2, 0.25) is 6.41 Å². The zero-order valence-corrected chi connectivity index (χ0v) is 12.0. The third kappa shape index (κ3) is 2.54. The van der Waals surface area contributed by atoms with Crippen molar-refractivity contribution in [3.05, 3.63) is 40.7 Å². The lowest BCUT2D eigenvalue weighted by Gasteiger charge is -2.21. The second-order valence-electron chi connectivity index (χ2n) is 5.14. The third-order valence-corrected chi connectivity index (χ3v) is 4.32. The Hall–Kier alpha value is -1.86. The van der Waals surface area contributed by atoms with Crippen LogP contribution in [-0.2, 0) is 4.79 Å². The fourth-order valence-corrected chi connectivity index (χ4v) is 3.06. The normalized spacial score (nSPS) is 17.4. The van der Waals surface area contributed by atoms with Crippen LogP contribution >= 0.6 is 11.9 Å². The molecule has 5 nitrogen and oxygen atoms in total. The molecule has 0 bridgehead atoms. The van der Waals surface area contributed by atoms with Crippen molar-refractivity contribution in [2.24, 2.45) is 5.14 Å².